The SMILES string of the molecule is C[C@@H]1O[C@@H](O[C@@H]2[C@@H](OCc3ccccc3)[C@H](OCCCCCNC(=O)OCc3ccccc3)O[C@@H]3CO[C@@H](c4ccccc4)O[C@@H]23)[C@H](OC(=O)c2ccccc2)[C@H](OC(=O)c2ccccc2)[C@H]1O[C@@H]1O[C@H](COCc2ccccc2)[C@H]2O[C@@H]3O[C@H](COC(=O)CC(=O)O[C@@H]2[C@H]1OC(=O)c1ccccc1)[C@@H](OCc1ccccc1)[C@H](OCc1ccccc1)[C@@H]3OCc1ccccc1. The maximum absolute atomic E-state index is 15.5. The number of carbonyl (C=O) groups excluding carboxylic acids is 6. The van der Waals surface area contributed by atoms with Crippen LogP contribution >= 0.6 is 0 Å². The molecule has 6 aliphatic rings. The molecule has 0 unspecified atom stereocenters. The molecule has 6 saturated heterocycles. The van der Waals surface area contributed by atoms with E-state index in [0.29, 0.717) is 31.4 Å². The van der Waals surface area contributed by atoms with Gasteiger partial charge in [0.25, 0.3) is 0 Å². The molecule has 1 N–H and O–H groups in total. The third-order valence-electron chi connectivity index (χ3n) is 23.0. The summed E-state index contributed by atoms with van der Waals surface area (Å²) in [5.74, 6) is -5.06. The van der Waals surface area contributed by atoms with E-state index in [1.165, 1.54) is 36.4 Å². The standard InChI is InChI=1S/C103H105NO27/c1-67-83(88(125-95(107)74-47-25-8-26-48-74)93(126-96(108)75-49-27-9-28-50-75)101(120-67)131-89-86-80(66-118-98(129-86)77-53-31-11-32-54-77)121-99(92(89)117-62-72-43-21-6-22-44-72)112-56-34-12-33-55-104-103(110)119-63-73-45-23-7-24-46-73)128-102-94(127-97(109)76-51-29-10-30-52-76)90-85(78(122-102)64-111-58-68-35-13-2-14-36-68)130-100-91(116-61-71-41-19-5-20-42-71)87(115-60-70-39-17-4-18-40-70)84(114-59-69-37-15-3-16-38-69)79(123-100)65-113-81(105)57-82(106)124-90/h2-11,13-32,35-54,67,78-80,83-94,98-102H,12,33-34,55-66H2,1H3,(H,104,110)/t67-,78+,79+,80+,83-,84+,85+,86+,87-,88+,89-,90-,91-,92+,93+,94+,98+,99+,100-,101-,102-/m0/s1. The van der Waals surface area contributed by atoms with Crippen LogP contribution < -0.4 is 5.32 Å². The van der Waals surface area contributed by atoms with Crippen LogP contribution in [0.3, 0.4) is 0 Å². The van der Waals surface area contributed by atoms with E-state index in [4.69, 9.17) is 99.5 Å². The molecule has 0 aromatic heterocycles. The lowest BCUT2D eigenvalue weighted by atomic mass is 9.94. The van der Waals surface area contributed by atoms with Crippen molar-refractivity contribution < 1.29 is 128 Å². The predicted molar refractivity (Wildman–Crippen MR) is 468 cm³/mol. The molecule has 21 atom stereocenters. The first-order valence-electron chi connectivity index (χ1n) is 44.2. The zero-order valence-electron chi connectivity index (χ0n) is 72.1. The van der Waals surface area contributed by atoms with Crippen LogP contribution in [0.5, 0.6) is 0 Å². The Kier molecular flexibility index (Phi) is 33.1. The molecule has 16 rings (SSSR count). The van der Waals surface area contributed by atoms with Crippen LogP contribution in [-0.2, 0) is 149 Å². The molecule has 1 amide bonds. The van der Waals surface area contributed by atoms with Gasteiger partial charge in [0.15, 0.2) is 55.9 Å². The zero-order valence-corrected chi connectivity index (χ0v) is 72.1. The third kappa shape index (κ3) is 25.3. The van der Waals surface area contributed by atoms with Gasteiger partial charge in [0.1, 0.15) is 86.8 Å². The summed E-state index contributed by atoms with van der Waals surface area (Å²) < 4.78 is 145. The first-order chi connectivity index (χ1) is 64.3. The highest BCUT2D eigenvalue weighted by molar-refractivity contribution is 5.92. The van der Waals surface area contributed by atoms with Gasteiger partial charge < -0.3 is 105 Å². The first-order valence-corrected chi connectivity index (χ1v) is 44.2. The van der Waals surface area contributed by atoms with Gasteiger partial charge >= 0.3 is 35.9 Å². The molecule has 28 nitrogen and oxygen atoms in total. The van der Waals surface area contributed by atoms with Crippen molar-refractivity contribution in [3.05, 3.63) is 359 Å². The Morgan fingerprint density at radius 2 is 0.817 bits per heavy atom. The van der Waals surface area contributed by atoms with Gasteiger partial charge in [-0.15, -0.1) is 0 Å². The molecule has 6 fully saturated rings. The van der Waals surface area contributed by atoms with E-state index in [1.807, 2.05) is 212 Å². The average molecular weight is 1790 g/mol. The van der Waals surface area contributed by atoms with Gasteiger partial charge in [-0.3, -0.25) is 9.59 Å². The van der Waals surface area contributed by atoms with Crippen molar-refractivity contribution >= 4 is 35.9 Å². The van der Waals surface area contributed by atoms with Crippen LogP contribution in [-0.4, -0.2) is 192 Å². The summed E-state index contributed by atoms with van der Waals surface area (Å²) in [5.41, 5.74) is 5.48. The Bertz CT molecular complexity index is 5190. The minimum absolute atomic E-state index is 0.0130. The van der Waals surface area contributed by atoms with Crippen molar-refractivity contribution in [1.82, 2.24) is 5.32 Å². The van der Waals surface area contributed by atoms with Crippen LogP contribution in [0.25, 0.3) is 0 Å². The number of benzene rings is 10. The van der Waals surface area contributed by atoms with E-state index >= 15 is 19.2 Å². The minimum Gasteiger partial charge on any atom is -0.462 e. The number of hydrogen-bond donors (Lipinski definition) is 1. The van der Waals surface area contributed by atoms with Crippen LogP contribution in [0, 0.1) is 0 Å². The van der Waals surface area contributed by atoms with Crippen LogP contribution in [0.15, 0.2) is 303 Å². The van der Waals surface area contributed by atoms with Gasteiger partial charge in [-0.05, 0) is 96.0 Å². The predicted octanol–water partition coefficient (Wildman–Crippen LogP) is 14.4. The number of fused-ring (bicyclic) bond motifs is 4. The molecule has 0 saturated carbocycles. The van der Waals surface area contributed by atoms with Gasteiger partial charge in [-0.1, -0.05) is 267 Å². The fraction of sp³-hybridized carbons (Fsp3) is 0.359. The topological polar surface area (TPSA) is 308 Å². The number of hydrogen-bond acceptors (Lipinski definition) is 27. The number of rotatable bonds is 36. The Balaban J connectivity index is 0.785. The van der Waals surface area contributed by atoms with Crippen molar-refractivity contribution in [2.75, 3.05) is 33.0 Å². The number of unbranched alkanes of at least 4 members (excludes halogenated alkanes) is 2. The van der Waals surface area contributed by atoms with Gasteiger partial charge in [0.2, 0.25) is 0 Å². The van der Waals surface area contributed by atoms with Crippen molar-refractivity contribution in [3.8, 4) is 0 Å². The minimum atomic E-state index is -2.00. The van der Waals surface area contributed by atoms with E-state index in [9.17, 15) is 9.59 Å². The third-order valence-corrected chi connectivity index (χ3v) is 23.0. The number of esters is 5. The highest BCUT2D eigenvalue weighted by atomic mass is 16.8. The lowest BCUT2D eigenvalue weighted by Crippen LogP contribution is -2.69. The first kappa shape index (κ1) is 92.5. The van der Waals surface area contributed by atoms with Crippen LogP contribution in [0.1, 0.15) is 109 Å². The molecule has 10 aromatic carbocycles. The summed E-state index contributed by atoms with van der Waals surface area (Å²) in [5, 5.41) is 2.83. The van der Waals surface area contributed by atoms with Crippen molar-refractivity contribution in [2.24, 2.45) is 0 Å². The van der Waals surface area contributed by atoms with Gasteiger partial charge in [0.05, 0.1) is 69.0 Å². The molecule has 2 bridgehead atoms. The van der Waals surface area contributed by atoms with Gasteiger partial charge in [-0.2, -0.15) is 0 Å². The summed E-state index contributed by atoms with van der Waals surface area (Å²) in [6.07, 6.45) is -30.7. The Hall–Kier alpha value is -11.8. The Morgan fingerprint density at radius 3 is 1.36 bits per heavy atom. The molecule has 6 aliphatic heterocycles. The Labute approximate surface area is 759 Å². The molecule has 0 spiro atoms. The summed E-state index contributed by atoms with van der Waals surface area (Å²) in [7, 11) is 0. The number of ether oxygens (including phenoxy) is 21. The second-order valence-corrected chi connectivity index (χ2v) is 32.3. The molecule has 131 heavy (non-hydrogen) atoms. The fourth-order valence-corrected chi connectivity index (χ4v) is 16.4. The normalized spacial score (nSPS) is 27.2. The maximum atomic E-state index is 15.5. The Morgan fingerprint density at radius 1 is 0.359 bits per heavy atom. The number of amides is 1. The maximum Gasteiger partial charge on any atom is 0.407 e. The fourth-order valence-electron chi connectivity index (χ4n) is 16.4. The highest BCUT2D eigenvalue weighted by Crippen LogP contribution is 2.44. The summed E-state index contributed by atoms with van der Waals surface area (Å²) in [4.78, 5) is 89.0. The van der Waals surface area contributed by atoms with E-state index < -0.39 is 185 Å². The van der Waals surface area contributed by atoms with E-state index in [1.54, 1.807) is 61.5 Å². The van der Waals surface area contributed by atoms with Gasteiger partial charge in [-0.25, -0.2) is 19.2 Å². The van der Waals surface area contributed by atoms with Gasteiger partial charge in [0, 0.05) is 18.7 Å². The summed E-state index contributed by atoms with van der Waals surface area (Å²) in [6.45, 7) is 1.15. The second-order valence-electron chi connectivity index (χ2n) is 32.3. The molecule has 6 heterocycles. The van der Waals surface area contributed by atoms with Crippen molar-refractivity contribution in [2.45, 2.75) is 201 Å². The lowest BCUT2D eigenvalue weighted by molar-refractivity contribution is -0.403. The summed E-state index contributed by atoms with van der Waals surface area (Å²) >= 11 is 0. The molecular formula is C103H105NO27. The number of nitrogens with one attached hydrogen (secondary N) is 1. The molecule has 0 aliphatic carbocycles. The molecule has 684 valence electrons. The van der Waals surface area contributed by atoms with Crippen LogP contribution in [0.2, 0.25) is 0 Å². The smallest absolute Gasteiger partial charge is 0.407 e. The molecular weight excluding hydrogens is 1680 g/mol. The molecule has 0 radical (unpaired) electrons. The summed E-state index contributed by atoms with van der Waals surface area (Å²) in [6, 6.07) is 89.8. The number of carbonyl (C=O) groups is 6. The second kappa shape index (κ2) is 46.8. The van der Waals surface area contributed by atoms with Crippen LogP contribution in [0.4, 0.5) is 4.79 Å². The number of cyclic esters (lactones) is 1. The monoisotopic (exact) mass is 1790 g/mol. The van der Waals surface area contributed by atoms with E-state index in [2.05, 4.69) is 5.32 Å². The number of alkyl carbamates (subject to hydrolysis) is 1. The molecule has 10 aromatic rings. The van der Waals surface area contributed by atoms with E-state index in [-0.39, 0.29) is 69.5 Å². The largest absolute Gasteiger partial charge is 0.462 e. The quantitative estimate of drug-likeness (QED) is 0.0165. The molecule has 28 heteroatoms. The van der Waals surface area contributed by atoms with Crippen molar-refractivity contribution in [1.29, 1.82) is 0 Å². The zero-order chi connectivity index (χ0) is 89.9. The average Bonchev–Trinajstić information content (AvgIpc) is 0.757. The highest BCUT2D eigenvalue weighted by Gasteiger charge is 2.61. The van der Waals surface area contributed by atoms with Crippen molar-refractivity contribution in [3.63, 3.8) is 0 Å². The lowest BCUT2D eigenvalue weighted by Gasteiger charge is -2.52. The van der Waals surface area contributed by atoms with E-state index in [0.717, 1.165) is 33.4 Å².